The number of aromatic nitrogens is 1. The summed E-state index contributed by atoms with van der Waals surface area (Å²) in [6.45, 7) is 1.64. The first-order valence-electron chi connectivity index (χ1n) is 5.90. The van der Waals surface area contributed by atoms with Crippen molar-refractivity contribution in [1.82, 2.24) is 4.98 Å². The molecule has 0 amide bonds. The Kier molecular flexibility index (Phi) is 4.52. The van der Waals surface area contributed by atoms with Crippen molar-refractivity contribution < 1.29 is 22.6 Å². The van der Waals surface area contributed by atoms with Crippen LogP contribution in [0.1, 0.15) is 18.4 Å². The fourth-order valence-electron chi connectivity index (χ4n) is 1.83. The lowest BCUT2D eigenvalue weighted by Crippen LogP contribution is -2.21. The van der Waals surface area contributed by atoms with Gasteiger partial charge in [-0.05, 0) is 24.8 Å². The molecular formula is C12H13ClF3NO2. The van der Waals surface area contributed by atoms with Crippen LogP contribution in [0.2, 0.25) is 5.15 Å². The molecule has 0 spiro atoms. The van der Waals surface area contributed by atoms with Gasteiger partial charge in [-0.1, -0.05) is 11.6 Å². The van der Waals surface area contributed by atoms with Crippen molar-refractivity contribution in [2.24, 2.45) is 5.92 Å². The summed E-state index contributed by atoms with van der Waals surface area (Å²) in [5, 5.41) is -0.225. The van der Waals surface area contributed by atoms with Crippen molar-refractivity contribution in [3.05, 3.63) is 22.8 Å². The zero-order valence-electron chi connectivity index (χ0n) is 10.0. The quantitative estimate of drug-likeness (QED) is 0.799. The van der Waals surface area contributed by atoms with Crippen LogP contribution < -0.4 is 4.74 Å². The highest BCUT2D eigenvalue weighted by molar-refractivity contribution is 6.29. The van der Waals surface area contributed by atoms with Gasteiger partial charge in [0.25, 0.3) is 0 Å². The molecule has 0 atom stereocenters. The molecule has 0 unspecified atom stereocenters. The normalized spacial score (nSPS) is 17.5. The standard InChI is InChI=1S/C12H13ClF3NO2/c13-10-5-9(12(14,15)16)6-11(17-10)19-7-8-1-3-18-4-2-8/h5-6,8H,1-4,7H2. The number of alkyl halides is 3. The molecule has 0 bridgehead atoms. The molecule has 19 heavy (non-hydrogen) atoms. The van der Waals surface area contributed by atoms with E-state index in [1.807, 2.05) is 0 Å². The molecule has 106 valence electrons. The first-order valence-corrected chi connectivity index (χ1v) is 6.28. The van der Waals surface area contributed by atoms with E-state index in [4.69, 9.17) is 21.1 Å². The van der Waals surface area contributed by atoms with Gasteiger partial charge < -0.3 is 9.47 Å². The molecule has 3 nitrogen and oxygen atoms in total. The molecule has 0 N–H and O–H groups in total. The molecule has 1 saturated heterocycles. The first-order chi connectivity index (χ1) is 8.95. The fraction of sp³-hybridized carbons (Fsp3) is 0.583. The number of hydrogen-bond donors (Lipinski definition) is 0. The summed E-state index contributed by atoms with van der Waals surface area (Å²) in [5.74, 6) is 0.190. The fourth-order valence-corrected chi connectivity index (χ4v) is 2.03. The van der Waals surface area contributed by atoms with Crippen molar-refractivity contribution in [2.45, 2.75) is 19.0 Å². The number of hydrogen-bond acceptors (Lipinski definition) is 3. The van der Waals surface area contributed by atoms with Crippen LogP contribution in [0.3, 0.4) is 0 Å². The molecule has 7 heteroatoms. The number of ether oxygens (including phenoxy) is 2. The molecule has 0 aliphatic carbocycles. The molecule has 1 aromatic rings. The lowest BCUT2D eigenvalue weighted by atomic mass is 10.0. The predicted octanol–water partition coefficient (Wildman–Crippen LogP) is 3.56. The van der Waals surface area contributed by atoms with E-state index in [1.165, 1.54) is 0 Å². The second kappa shape index (κ2) is 5.96. The lowest BCUT2D eigenvalue weighted by Gasteiger charge is -2.22. The van der Waals surface area contributed by atoms with Crippen LogP contribution in [0.25, 0.3) is 0 Å². The predicted molar refractivity (Wildman–Crippen MR) is 63.3 cm³/mol. The first kappa shape index (κ1) is 14.4. The van der Waals surface area contributed by atoms with E-state index in [0.29, 0.717) is 19.8 Å². The summed E-state index contributed by atoms with van der Waals surface area (Å²) in [4.78, 5) is 3.74. The van der Waals surface area contributed by atoms with Gasteiger partial charge in [-0.15, -0.1) is 0 Å². The van der Waals surface area contributed by atoms with E-state index < -0.39 is 11.7 Å². The van der Waals surface area contributed by atoms with Gasteiger partial charge in [0.2, 0.25) is 5.88 Å². The van der Waals surface area contributed by atoms with Crippen molar-refractivity contribution in [2.75, 3.05) is 19.8 Å². The molecular weight excluding hydrogens is 283 g/mol. The van der Waals surface area contributed by atoms with Gasteiger partial charge in [0.1, 0.15) is 5.15 Å². The van der Waals surface area contributed by atoms with Crippen LogP contribution in [0.5, 0.6) is 5.88 Å². The Hall–Kier alpha value is -1.01. The van der Waals surface area contributed by atoms with Crippen LogP contribution in [-0.4, -0.2) is 24.8 Å². The Balaban J connectivity index is 2.01. The van der Waals surface area contributed by atoms with Crippen molar-refractivity contribution in [3.8, 4) is 5.88 Å². The van der Waals surface area contributed by atoms with Gasteiger partial charge in [-0.25, -0.2) is 4.98 Å². The number of halogens is 4. The smallest absolute Gasteiger partial charge is 0.416 e. The highest BCUT2D eigenvalue weighted by atomic mass is 35.5. The summed E-state index contributed by atoms with van der Waals surface area (Å²) in [6.07, 6.45) is -2.78. The minimum absolute atomic E-state index is 0.0914. The summed E-state index contributed by atoms with van der Waals surface area (Å²) in [7, 11) is 0. The molecule has 1 fully saturated rings. The molecule has 0 radical (unpaired) electrons. The van der Waals surface area contributed by atoms with Crippen LogP contribution in [0.4, 0.5) is 13.2 Å². The van der Waals surface area contributed by atoms with E-state index in [1.54, 1.807) is 0 Å². The van der Waals surface area contributed by atoms with Gasteiger partial charge in [0, 0.05) is 19.3 Å². The van der Waals surface area contributed by atoms with E-state index in [-0.39, 0.29) is 17.0 Å². The van der Waals surface area contributed by atoms with Crippen molar-refractivity contribution in [3.63, 3.8) is 0 Å². The summed E-state index contributed by atoms with van der Waals surface area (Å²) in [6, 6.07) is 1.65. The van der Waals surface area contributed by atoms with E-state index in [2.05, 4.69) is 4.98 Å². The second-order valence-corrected chi connectivity index (χ2v) is 4.77. The van der Waals surface area contributed by atoms with Crippen molar-refractivity contribution >= 4 is 11.6 Å². The van der Waals surface area contributed by atoms with Gasteiger partial charge in [-0.2, -0.15) is 13.2 Å². The largest absolute Gasteiger partial charge is 0.477 e. The topological polar surface area (TPSA) is 31.4 Å². The Bertz CT molecular complexity index is 433. The van der Waals surface area contributed by atoms with Gasteiger partial charge in [0.05, 0.1) is 12.2 Å². The minimum Gasteiger partial charge on any atom is -0.477 e. The third kappa shape index (κ3) is 4.24. The molecule has 1 aliphatic rings. The van der Waals surface area contributed by atoms with Crippen LogP contribution in [-0.2, 0) is 10.9 Å². The Morgan fingerprint density at radius 3 is 2.63 bits per heavy atom. The van der Waals surface area contributed by atoms with Crippen molar-refractivity contribution in [1.29, 1.82) is 0 Å². The van der Waals surface area contributed by atoms with Gasteiger partial charge in [-0.3, -0.25) is 0 Å². The average Bonchev–Trinajstić information content (AvgIpc) is 2.36. The lowest BCUT2D eigenvalue weighted by molar-refractivity contribution is -0.137. The number of pyridine rings is 1. The van der Waals surface area contributed by atoms with E-state index in [0.717, 1.165) is 25.0 Å². The number of rotatable bonds is 3. The average molecular weight is 296 g/mol. The van der Waals surface area contributed by atoms with Crippen LogP contribution in [0, 0.1) is 5.92 Å². The maximum atomic E-state index is 12.6. The van der Waals surface area contributed by atoms with Crippen LogP contribution in [0.15, 0.2) is 12.1 Å². The summed E-state index contributed by atoms with van der Waals surface area (Å²) >= 11 is 5.57. The third-order valence-electron chi connectivity index (χ3n) is 2.91. The molecule has 1 aromatic heterocycles. The Morgan fingerprint density at radius 1 is 1.32 bits per heavy atom. The molecule has 2 heterocycles. The number of nitrogens with zero attached hydrogens (tertiary/aromatic N) is 1. The maximum Gasteiger partial charge on any atom is 0.416 e. The highest BCUT2D eigenvalue weighted by Gasteiger charge is 2.32. The van der Waals surface area contributed by atoms with Gasteiger partial charge >= 0.3 is 6.18 Å². The molecule has 1 aliphatic heterocycles. The molecule has 2 rings (SSSR count). The second-order valence-electron chi connectivity index (χ2n) is 4.38. The van der Waals surface area contributed by atoms with Gasteiger partial charge in [0.15, 0.2) is 0 Å². The Labute approximate surface area is 113 Å². The Morgan fingerprint density at radius 2 is 2.00 bits per heavy atom. The summed E-state index contributed by atoms with van der Waals surface area (Å²) < 4.78 is 48.3. The molecule has 0 aromatic carbocycles. The monoisotopic (exact) mass is 295 g/mol. The van der Waals surface area contributed by atoms with E-state index in [9.17, 15) is 13.2 Å². The van der Waals surface area contributed by atoms with E-state index >= 15 is 0 Å². The zero-order chi connectivity index (χ0) is 13.9. The summed E-state index contributed by atoms with van der Waals surface area (Å²) in [5.41, 5.74) is -0.852. The third-order valence-corrected chi connectivity index (χ3v) is 3.10. The highest BCUT2D eigenvalue weighted by Crippen LogP contribution is 2.32. The molecule has 0 saturated carbocycles. The maximum absolute atomic E-state index is 12.6. The zero-order valence-corrected chi connectivity index (χ0v) is 10.8. The minimum atomic E-state index is -4.45. The van der Waals surface area contributed by atoms with Crippen LogP contribution >= 0.6 is 11.6 Å². The SMILES string of the molecule is FC(F)(F)c1cc(Cl)nc(OCC2CCOCC2)c1.